The van der Waals surface area contributed by atoms with Crippen LogP contribution in [0.1, 0.15) is 46.1 Å². The number of nitrogens with one attached hydrogen (secondary N) is 2. The van der Waals surface area contributed by atoms with Crippen LogP contribution in [0.4, 0.5) is 0 Å². The molecule has 0 saturated heterocycles. The molecule has 3 aromatic heterocycles. The van der Waals surface area contributed by atoms with Crippen molar-refractivity contribution in [2.75, 3.05) is 13.7 Å². The van der Waals surface area contributed by atoms with Crippen LogP contribution >= 0.6 is 0 Å². The summed E-state index contributed by atoms with van der Waals surface area (Å²) in [4.78, 5) is 33.2. The first kappa shape index (κ1) is 26.6. The lowest BCUT2D eigenvalue weighted by atomic mass is 10.0. The van der Waals surface area contributed by atoms with Crippen molar-refractivity contribution in [1.29, 1.82) is 0 Å². The van der Waals surface area contributed by atoms with E-state index in [1.54, 1.807) is 32.4 Å². The Bertz CT molecular complexity index is 1590. The van der Waals surface area contributed by atoms with E-state index >= 15 is 0 Å². The second-order valence-electron chi connectivity index (χ2n) is 9.22. The van der Waals surface area contributed by atoms with Crippen molar-refractivity contribution in [2.24, 2.45) is 0 Å². The number of methoxy groups -OCH3 is 1. The number of hydrogen-bond donors (Lipinski definition) is 2. The van der Waals surface area contributed by atoms with E-state index in [4.69, 9.17) is 9.47 Å². The number of ether oxygens (including phenoxy) is 2. The molecule has 204 valence electrons. The smallest absolute Gasteiger partial charge is 0.313 e. The average Bonchev–Trinajstić information content (AvgIpc) is 3.57. The fourth-order valence-electron chi connectivity index (χ4n) is 4.63. The van der Waals surface area contributed by atoms with Crippen molar-refractivity contribution in [3.05, 3.63) is 108 Å². The minimum atomic E-state index is -0.561. The number of benzene rings is 2. The SMILES string of the molecule is CCOC(=O)Cc1nnc([C@@H](Cc2c[nH]c3ccccc23)NC(=O)c2cccnc2)n1Cc1ccc(OC)cc1. The van der Waals surface area contributed by atoms with Gasteiger partial charge in [-0.15, -0.1) is 10.2 Å². The third-order valence-electron chi connectivity index (χ3n) is 6.60. The molecule has 3 heterocycles. The number of aromatic amines is 1. The first-order chi connectivity index (χ1) is 19.6. The van der Waals surface area contributed by atoms with Crippen LogP contribution in [0.25, 0.3) is 10.9 Å². The number of para-hydroxylation sites is 1. The van der Waals surface area contributed by atoms with Gasteiger partial charge in [0, 0.05) is 35.9 Å². The average molecular weight is 539 g/mol. The van der Waals surface area contributed by atoms with Crippen molar-refractivity contribution in [1.82, 2.24) is 30.0 Å². The van der Waals surface area contributed by atoms with Crippen LogP contribution < -0.4 is 10.1 Å². The van der Waals surface area contributed by atoms with Gasteiger partial charge < -0.3 is 24.3 Å². The molecule has 40 heavy (non-hydrogen) atoms. The predicted molar refractivity (Wildman–Crippen MR) is 149 cm³/mol. The summed E-state index contributed by atoms with van der Waals surface area (Å²) < 4.78 is 12.4. The quantitative estimate of drug-likeness (QED) is 0.243. The van der Waals surface area contributed by atoms with E-state index in [-0.39, 0.29) is 18.9 Å². The Hall–Kier alpha value is -4.99. The third kappa shape index (κ3) is 6.01. The second kappa shape index (κ2) is 12.2. The second-order valence-corrected chi connectivity index (χ2v) is 9.22. The van der Waals surface area contributed by atoms with E-state index in [2.05, 4.69) is 25.5 Å². The molecule has 2 N–H and O–H groups in total. The monoisotopic (exact) mass is 538 g/mol. The lowest BCUT2D eigenvalue weighted by Gasteiger charge is -2.20. The van der Waals surface area contributed by atoms with Gasteiger partial charge in [-0.3, -0.25) is 14.6 Å². The van der Waals surface area contributed by atoms with Gasteiger partial charge in [-0.2, -0.15) is 0 Å². The Morgan fingerprint density at radius 2 is 1.88 bits per heavy atom. The molecular weight excluding hydrogens is 508 g/mol. The molecule has 5 rings (SSSR count). The first-order valence-electron chi connectivity index (χ1n) is 13.0. The fraction of sp³-hybridized carbons (Fsp3) is 0.233. The summed E-state index contributed by atoms with van der Waals surface area (Å²) in [6.07, 6.45) is 5.47. The van der Waals surface area contributed by atoms with Crippen LogP contribution in [0.3, 0.4) is 0 Å². The minimum Gasteiger partial charge on any atom is -0.497 e. The molecule has 1 atom stereocenters. The maximum absolute atomic E-state index is 13.3. The van der Waals surface area contributed by atoms with Crippen LogP contribution in [0, 0.1) is 0 Å². The zero-order valence-corrected chi connectivity index (χ0v) is 22.3. The largest absolute Gasteiger partial charge is 0.497 e. The van der Waals surface area contributed by atoms with E-state index in [0.29, 0.717) is 30.2 Å². The van der Waals surface area contributed by atoms with Crippen molar-refractivity contribution in [3.63, 3.8) is 0 Å². The van der Waals surface area contributed by atoms with E-state index in [1.807, 2.05) is 59.3 Å². The highest BCUT2D eigenvalue weighted by Crippen LogP contribution is 2.26. The summed E-state index contributed by atoms with van der Waals surface area (Å²) in [5.41, 5.74) is 3.39. The summed E-state index contributed by atoms with van der Waals surface area (Å²) in [6, 6.07) is 18.5. The molecule has 5 aromatic rings. The Morgan fingerprint density at radius 3 is 2.62 bits per heavy atom. The van der Waals surface area contributed by atoms with Gasteiger partial charge in [0.05, 0.1) is 31.9 Å². The Balaban J connectivity index is 1.55. The summed E-state index contributed by atoms with van der Waals surface area (Å²) in [5.74, 6) is 1.02. The van der Waals surface area contributed by atoms with Crippen LogP contribution in [-0.2, 0) is 28.9 Å². The molecule has 10 heteroatoms. The fourth-order valence-corrected chi connectivity index (χ4v) is 4.63. The number of fused-ring (bicyclic) bond motifs is 1. The van der Waals surface area contributed by atoms with Gasteiger partial charge in [-0.1, -0.05) is 30.3 Å². The van der Waals surface area contributed by atoms with Gasteiger partial charge in [-0.05, 0) is 48.4 Å². The Kier molecular flexibility index (Phi) is 8.15. The van der Waals surface area contributed by atoms with Crippen LogP contribution in [0.15, 0.2) is 79.3 Å². The third-order valence-corrected chi connectivity index (χ3v) is 6.60. The van der Waals surface area contributed by atoms with Gasteiger partial charge in [0.25, 0.3) is 5.91 Å². The minimum absolute atomic E-state index is 0.0483. The lowest BCUT2D eigenvalue weighted by Crippen LogP contribution is -2.32. The molecule has 0 spiro atoms. The van der Waals surface area contributed by atoms with E-state index in [1.165, 1.54) is 6.20 Å². The molecule has 0 saturated carbocycles. The predicted octanol–water partition coefficient (Wildman–Crippen LogP) is 4.03. The standard InChI is InChI=1S/C30H30N6O4/c1-3-40-28(37)16-27-34-35-29(36(27)19-20-10-12-23(39-2)13-11-20)26(33-30(38)21-7-6-14-31-17-21)15-22-18-32-25-9-5-4-8-24(22)25/h4-14,17-18,26,32H,3,15-16,19H2,1-2H3,(H,33,38)/t26-/m1/s1. The number of nitrogens with zero attached hydrogens (tertiary/aromatic N) is 4. The number of rotatable bonds is 11. The van der Waals surface area contributed by atoms with E-state index in [0.717, 1.165) is 27.8 Å². The van der Waals surface area contributed by atoms with Crippen LogP contribution in [-0.4, -0.2) is 50.3 Å². The van der Waals surface area contributed by atoms with Gasteiger partial charge in [0.2, 0.25) is 0 Å². The number of H-pyrrole nitrogens is 1. The zero-order valence-electron chi connectivity index (χ0n) is 22.3. The van der Waals surface area contributed by atoms with Gasteiger partial charge in [0.15, 0.2) is 5.82 Å². The number of esters is 1. The zero-order chi connectivity index (χ0) is 27.9. The maximum Gasteiger partial charge on any atom is 0.313 e. The van der Waals surface area contributed by atoms with E-state index in [9.17, 15) is 9.59 Å². The number of amides is 1. The Labute approximate surface area is 231 Å². The van der Waals surface area contributed by atoms with Gasteiger partial charge in [-0.25, -0.2) is 0 Å². The molecular formula is C30H30N6O4. The van der Waals surface area contributed by atoms with Crippen molar-refractivity contribution in [2.45, 2.75) is 32.4 Å². The highest BCUT2D eigenvalue weighted by molar-refractivity contribution is 5.94. The molecule has 1 amide bonds. The molecule has 0 unspecified atom stereocenters. The maximum atomic E-state index is 13.3. The number of carbonyl (C=O) groups excluding carboxylic acids is 2. The Morgan fingerprint density at radius 1 is 1.05 bits per heavy atom. The summed E-state index contributed by atoms with van der Waals surface area (Å²) >= 11 is 0. The topological polar surface area (TPSA) is 124 Å². The molecule has 0 radical (unpaired) electrons. The molecule has 0 aliphatic carbocycles. The number of hydrogen-bond acceptors (Lipinski definition) is 7. The van der Waals surface area contributed by atoms with E-state index < -0.39 is 12.0 Å². The van der Waals surface area contributed by atoms with Crippen LogP contribution in [0.2, 0.25) is 0 Å². The highest BCUT2D eigenvalue weighted by Gasteiger charge is 2.26. The lowest BCUT2D eigenvalue weighted by molar-refractivity contribution is -0.142. The number of carbonyl (C=O) groups is 2. The summed E-state index contributed by atoms with van der Waals surface area (Å²) in [7, 11) is 1.62. The normalized spacial score (nSPS) is 11.8. The highest BCUT2D eigenvalue weighted by atomic mass is 16.5. The van der Waals surface area contributed by atoms with Crippen molar-refractivity contribution >= 4 is 22.8 Å². The molecule has 10 nitrogen and oxygen atoms in total. The van der Waals surface area contributed by atoms with Gasteiger partial charge in [0.1, 0.15) is 18.0 Å². The summed E-state index contributed by atoms with van der Waals surface area (Å²) in [6.45, 7) is 2.41. The molecule has 0 bridgehead atoms. The molecule has 0 aliphatic heterocycles. The number of pyridine rings is 1. The first-order valence-corrected chi connectivity index (χ1v) is 13.0. The molecule has 0 aliphatic rings. The number of aromatic nitrogens is 5. The molecule has 2 aromatic carbocycles. The van der Waals surface area contributed by atoms with Crippen molar-refractivity contribution < 1.29 is 19.1 Å². The van der Waals surface area contributed by atoms with Gasteiger partial charge >= 0.3 is 5.97 Å². The van der Waals surface area contributed by atoms with Crippen molar-refractivity contribution in [3.8, 4) is 5.75 Å². The van der Waals surface area contributed by atoms with Crippen LogP contribution in [0.5, 0.6) is 5.75 Å². The summed E-state index contributed by atoms with van der Waals surface area (Å²) in [5, 5.41) is 13.1. The molecule has 0 fully saturated rings.